The number of anilines is 2. The summed E-state index contributed by atoms with van der Waals surface area (Å²) in [5.41, 5.74) is 3.30. The summed E-state index contributed by atoms with van der Waals surface area (Å²) >= 11 is 1.31. The van der Waals surface area contributed by atoms with E-state index in [1.807, 2.05) is 44.2 Å². The number of hydrogen-bond donors (Lipinski definition) is 1. The largest absolute Gasteiger partial charge is 0.492 e. The molecular weight excluding hydrogens is 571 g/mol. The van der Waals surface area contributed by atoms with E-state index in [2.05, 4.69) is 15.2 Å². The molecule has 3 aromatic heterocycles. The van der Waals surface area contributed by atoms with Crippen molar-refractivity contribution in [1.29, 1.82) is 0 Å². The van der Waals surface area contributed by atoms with E-state index in [0.29, 0.717) is 22.6 Å². The Morgan fingerprint density at radius 1 is 1.00 bits per heavy atom. The zero-order valence-electron chi connectivity index (χ0n) is 23.4. The van der Waals surface area contributed by atoms with Gasteiger partial charge in [-0.15, -0.1) is 11.3 Å². The number of carbonyl (C=O) groups excluding carboxylic acids is 1. The lowest BCUT2D eigenvalue weighted by atomic mass is 10.2. The van der Waals surface area contributed by atoms with Crippen molar-refractivity contribution in [1.82, 2.24) is 18.8 Å². The summed E-state index contributed by atoms with van der Waals surface area (Å²) < 4.78 is 34.5. The van der Waals surface area contributed by atoms with Crippen LogP contribution in [0.3, 0.4) is 0 Å². The van der Waals surface area contributed by atoms with E-state index in [4.69, 9.17) is 9.72 Å². The predicted octanol–water partition coefficient (Wildman–Crippen LogP) is 6.04. The molecule has 42 heavy (non-hydrogen) atoms. The molecule has 1 aliphatic heterocycles. The average Bonchev–Trinajstić information content (AvgIpc) is 3.74. The number of fused-ring (bicyclic) bond motifs is 1. The van der Waals surface area contributed by atoms with Gasteiger partial charge in [-0.2, -0.15) is 4.98 Å². The molecule has 1 saturated heterocycles. The molecule has 0 aliphatic carbocycles. The van der Waals surface area contributed by atoms with Crippen LogP contribution >= 0.6 is 11.3 Å². The van der Waals surface area contributed by atoms with Gasteiger partial charge in [0.25, 0.3) is 10.0 Å². The van der Waals surface area contributed by atoms with Gasteiger partial charge in [-0.1, -0.05) is 17.7 Å². The van der Waals surface area contributed by atoms with Crippen molar-refractivity contribution >= 4 is 50.3 Å². The van der Waals surface area contributed by atoms with Crippen LogP contribution in [0.2, 0.25) is 0 Å². The van der Waals surface area contributed by atoms with Crippen molar-refractivity contribution in [2.45, 2.75) is 31.6 Å². The third-order valence-corrected chi connectivity index (χ3v) is 10.2. The van der Waals surface area contributed by atoms with Crippen molar-refractivity contribution in [3.8, 4) is 16.3 Å². The Morgan fingerprint density at radius 3 is 2.43 bits per heavy atom. The number of likely N-dealkylation sites (tertiary alicyclic amines) is 1. The number of ether oxygens (including phenoxy) is 1. The molecule has 0 radical (unpaired) electrons. The number of aldehydes is 1. The van der Waals surface area contributed by atoms with Gasteiger partial charge < -0.3 is 10.1 Å². The number of carbonyl (C=O) groups is 1. The summed E-state index contributed by atoms with van der Waals surface area (Å²) in [4.78, 5) is 24.9. The number of aryl methyl sites for hydroxylation is 2. The molecule has 5 aromatic rings. The van der Waals surface area contributed by atoms with Crippen molar-refractivity contribution in [2.75, 3.05) is 31.6 Å². The Hall–Kier alpha value is -4.06. The quantitative estimate of drug-likeness (QED) is 0.193. The third kappa shape index (κ3) is 5.67. The van der Waals surface area contributed by atoms with Gasteiger partial charge in [0.05, 0.1) is 20.3 Å². The van der Waals surface area contributed by atoms with Crippen LogP contribution in [-0.2, 0) is 10.0 Å². The first-order valence-corrected chi connectivity index (χ1v) is 16.1. The minimum Gasteiger partial charge on any atom is -0.492 e. The first-order valence-electron chi connectivity index (χ1n) is 13.8. The Labute approximate surface area is 248 Å². The molecule has 216 valence electrons. The number of aromatic nitrogens is 3. The van der Waals surface area contributed by atoms with Gasteiger partial charge >= 0.3 is 0 Å². The third-order valence-electron chi connectivity index (χ3n) is 7.37. The number of rotatable bonds is 10. The molecule has 0 spiro atoms. The standard InChI is InChI=1S/C31H31N5O4S2/c1-21-5-11-25(12-6-21)42(38,39)36-16-13-26-29(27-19-22(2)28(20-37)41-27)33-31(34-30(26)36)32-23-7-9-24(10-8-23)40-18-17-35-14-3-4-15-35/h5-13,16,19-20H,3-4,14-15,17-18H2,1-2H3,(H,32,33,34). The molecule has 0 saturated carbocycles. The van der Waals surface area contributed by atoms with E-state index in [-0.39, 0.29) is 16.5 Å². The highest BCUT2D eigenvalue weighted by Gasteiger charge is 2.23. The van der Waals surface area contributed by atoms with Gasteiger partial charge in [-0.05, 0) is 93.9 Å². The molecule has 1 N–H and O–H groups in total. The number of thiophene rings is 1. The summed E-state index contributed by atoms with van der Waals surface area (Å²) in [6, 6.07) is 17.8. The first kappa shape index (κ1) is 28.1. The van der Waals surface area contributed by atoms with E-state index in [0.717, 1.165) is 53.4 Å². The summed E-state index contributed by atoms with van der Waals surface area (Å²) in [5, 5.41) is 3.79. The van der Waals surface area contributed by atoms with Gasteiger partial charge in [0, 0.05) is 23.8 Å². The van der Waals surface area contributed by atoms with Crippen LogP contribution in [0.1, 0.15) is 33.6 Å². The first-order chi connectivity index (χ1) is 20.3. The zero-order chi connectivity index (χ0) is 29.3. The fourth-order valence-electron chi connectivity index (χ4n) is 5.05. The van der Waals surface area contributed by atoms with Gasteiger partial charge in [-0.3, -0.25) is 9.69 Å². The average molecular weight is 602 g/mol. The topological polar surface area (TPSA) is 106 Å². The number of nitrogens with one attached hydrogen (secondary N) is 1. The molecule has 6 rings (SSSR count). The fraction of sp³-hybridized carbons (Fsp3) is 0.258. The second kappa shape index (κ2) is 11.7. The second-order valence-corrected chi connectivity index (χ2v) is 13.3. The summed E-state index contributed by atoms with van der Waals surface area (Å²) in [7, 11) is -3.93. The molecule has 0 unspecified atom stereocenters. The van der Waals surface area contributed by atoms with Crippen molar-refractivity contribution in [3.05, 3.63) is 82.9 Å². The van der Waals surface area contributed by atoms with E-state index in [9.17, 15) is 13.2 Å². The van der Waals surface area contributed by atoms with Crippen LogP contribution in [0.4, 0.5) is 11.6 Å². The molecule has 9 nitrogen and oxygen atoms in total. The zero-order valence-corrected chi connectivity index (χ0v) is 25.0. The van der Waals surface area contributed by atoms with Gasteiger partial charge in [0.2, 0.25) is 5.95 Å². The Morgan fingerprint density at radius 2 is 1.74 bits per heavy atom. The molecule has 0 amide bonds. The highest BCUT2D eigenvalue weighted by Crippen LogP contribution is 2.36. The SMILES string of the molecule is Cc1ccc(S(=O)(=O)n2ccc3c(-c4cc(C)c(C=O)s4)nc(Nc4ccc(OCCN5CCCC5)cc4)nc32)cc1. The van der Waals surface area contributed by atoms with Crippen LogP contribution < -0.4 is 10.1 Å². The summed E-state index contributed by atoms with van der Waals surface area (Å²) in [6.45, 7) is 7.58. The number of hydrogen-bond acceptors (Lipinski definition) is 9. The van der Waals surface area contributed by atoms with Crippen LogP contribution in [0, 0.1) is 13.8 Å². The normalized spacial score (nSPS) is 14.0. The van der Waals surface area contributed by atoms with Crippen LogP contribution in [0.5, 0.6) is 5.75 Å². The minimum absolute atomic E-state index is 0.163. The van der Waals surface area contributed by atoms with Crippen molar-refractivity contribution < 1.29 is 17.9 Å². The number of benzene rings is 2. The van der Waals surface area contributed by atoms with Gasteiger partial charge in [0.1, 0.15) is 12.4 Å². The van der Waals surface area contributed by atoms with E-state index in [1.165, 1.54) is 34.3 Å². The summed E-state index contributed by atoms with van der Waals surface area (Å²) in [6.07, 6.45) is 4.83. The molecule has 0 atom stereocenters. The molecule has 0 bridgehead atoms. The van der Waals surface area contributed by atoms with Crippen LogP contribution in [0.15, 0.2) is 71.8 Å². The van der Waals surface area contributed by atoms with E-state index >= 15 is 0 Å². The van der Waals surface area contributed by atoms with Gasteiger partial charge in [0.15, 0.2) is 11.9 Å². The van der Waals surface area contributed by atoms with Crippen molar-refractivity contribution in [2.24, 2.45) is 0 Å². The second-order valence-electron chi connectivity index (χ2n) is 10.4. The van der Waals surface area contributed by atoms with Crippen LogP contribution in [0.25, 0.3) is 21.6 Å². The van der Waals surface area contributed by atoms with Crippen LogP contribution in [-0.4, -0.2) is 59.8 Å². The monoisotopic (exact) mass is 601 g/mol. The lowest BCUT2D eigenvalue weighted by molar-refractivity contribution is 0.112. The van der Waals surface area contributed by atoms with Gasteiger partial charge in [-0.25, -0.2) is 17.4 Å². The smallest absolute Gasteiger partial charge is 0.269 e. The Bertz CT molecular complexity index is 1840. The maximum absolute atomic E-state index is 13.7. The molecule has 4 heterocycles. The Balaban J connectivity index is 1.34. The molecular formula is C31H31N5O4S2. The van der Waals surface area contributed by atoms with E-state index in [1.54, 1.807) is 30.3 Å². The lowest BCUT2D eigenvalue weighted by Crippen LogP contribution is -2.25. The highest BCUT2D eigenvalue weighted by atomic mass is 32.2. The maximum atomic E-state index is 13.7. The lowest BCUT2D eigenvalue weighted by Gasteiger charge is -2.15. The summed E-state index contributed by atoms with van der Waals surface area (Å²) in [5.74, 6) is 1.00. The van der Waals surface area contributed by atoms with Crippen molar-refractivity contribution in [3.63, 3.8) is 0 Å². The predicted molar refractivity (Wildman–Crippen MR) is 166 cm³/mol. The molecule has 1 fully saturated rings. The number of nitrogens with zero attached hydrogens (tertiary/aromatic N) is 4. The highest BCUT2D eigenvalue weighted by molar-refractivity contribution is 7.90. The maximum Gasteiger partial charge on any atom is 0.269 e. The Kier molecular flexibility index (Phi) is 7.80. The fourth-order valence-corrected chi connectivity index (χ4v) is 7.33. The minimum atomic E-state index is -3.93. The van der Waals surface area contributed by atoms with E-state index < -0.39 is 10.0 Å². The molecule has 2 aromatic carbocycles. The molecule has 1 aliphatic rings. The molecule has 11 heteroatoms.